The molecular weight excluding hydrogens is 255 g/mol. The Kier molecular flexibility index (Phi) is 4.25. The maximum Gasteiger partial charge on any atom is 0.123 e. The van der Waals surface area contributed by atoms with E-state index in [2.05, 4.69) is 0 Å². The molecule has 0 aromatic heterocycles. The van der Waals surface area contributed by atoms with Gasteiger partial charge in [0.1, 0.15) is 11.9 Å². The molecule has 1 saturated carbocycles. The van der Waals surface area contributed by atoms with Gasteiger partial charge in [-0.1, -0.05) is 37.3 Å². The van der Waals surface area contributed by atoms with Crippen LogP contribution in [0.1, 0.15) is 50.2 Å². The minimum atomic E-state index is -1.19. The zero-order chi connectivity index (χ0) is 13.2. The number of aliphatic hydroxyl groups is 2. The molecule has 1 atom stereocenters. The van der Waals surface area contributed by atoms with Crippen LogP contribution in [0.3, 0.4) is 0 Å². The fraction of sp³-hybridized carbons (Fsp3) is 0.571. The van der Waals surface area contributed by atoms with Crippen molar-refractivity contribution in [2.24, 2.45) is 0 Å². The van der Waals surface area contributed by atoms with E-state index < -0.39 is 17.5 Å². The zero-order valence-corrected chi connectivity index (χ0v) is 11.0. The third kappa shape index (κ3) is 2.85. The Morgan fingerprint density at radius 3 is 2.39 bits per heavy atom. The predicted molar refractivity (Wildman–Crippen MR) is 69.0 cm³/mol. The van der Waals surface area contributed by atoms with Gasteiger partial charge in [-0.05, 0) is 31.0 Å². The number of rotatable bonds is 2. The lowest BCUT2D eigenvalue weighted by Gasteiger charge is -2.32. The maximum atomic E-state index is 13.2. The largest absolute Gasteiger partial charge is 0.387 e. The molecule has 0 spiro atoms. The summed E-state index contributed by atoms with van der Waals surface area (Å²) in [7, 11) is 0. The SMILES string of the molecule is OC(c1cc(F)ccc1Cl)C1(O)CCCCCC1. The first-order chi connectivity index (χ1) is 8.53. The summed E-state index contributed by atoms with van der Waals surface area (Å²) >= 11 is 5.98. The molecule has 1 aliphatic carbocycles. The highest BCUT2D eigenvalue weighted by Gasteiger charge is 2.37. The van der Waals surface area contributed by atoms with Crippen molar-refractivity contribution in [3.05, 3.63) is 34.6 Å². The van der Waals surface area contributed by atoms with E-state index in [1.807, 2.05) is 0 Å². The first-order valence-electron chi connectivity index (χ1n) is 6.38. The second-order valence-electron chi connectivity index (χ2n) is 5.09. The highest BCUT2D eigenvalue weighted by Crippen LogP contribution is 2.39. The molecule has 0 radical (unpaired) electrons. The van der Waals surface area contributed by atoms with Crippen molar-refractivity contribution < 1.29 is 14.6 Å². The van der Waals surface area contributed by atoms with Gasteiger partial charge in [-0.25, -0.2) is 4.39 Å². The van der Waals surface area contributed by atoms with E-state index in [0.717, 1.165) is 25.7 Å². The topological polar surface area (TPSA) is 40.5 Å². The smallest absolute Gasteiger partial charge is 0.123 e. The van der Waals surface area contributed by atoms with Gasteiger partial charge in [-0.15, -0.1) is 0 Å². The number of halogens is 2. The molecule has 1 fully saturated rings. The normalized spacial score (nSPS) is 21.3. The van der Waals surface area contributed by atoms with Gasteiger partial charge in [0.15, 0.2) is 0 Å². The van der Waals surface area contributed by atoms with Crippen molar-refractivity contribution in [1.29, 1.82) is 0 Å². The average molecular weight is 273 g/mol. The molecule has 1 unspecified atom stereocenters. The highest BCUT2D eigenvalue weighted by molar-refractivity contribution is 6.31. The van der Waals surface area contributed by atoms with E-state index in [1.165, 1.54) is 18.2 Å². The second kappa shape index (κ2) is 5.55. The molecule has 2 N–H and O–H groups in total. The Labute approximate surface area is 111 Å². The van der Waals surface area contributed by atoms with Crippen LogP contribution >= 0.6 is 11.6 Å². The third-order valence-electron chi connectivity index (χ3n) is 3.73. The molecule has 1 aromatic carbocycles. The molecule has 1 aliphatic rings. The maximum absolute atomic E-state index is 13.2. The quantitative estimate of drug-likeness (QED) is 0.808. The molecule has 0 bridgehead atoms. The molecule has 2 nitrogen and oxygen atoms in total. The van der Waals surface area contributed by atoms with Crippen LogP contribution in [0.25, 0.3) is 0 Å². The molecule has 2 rings (SSSR count). The van der Waals surface area contributed by atoms with Crippen molar-refractivity contribution in [1.82, 2.24) is 0 Å². The van der Waals surface area contributed by atoms with Gasteiger partial charge in [0.25, 0.3) is 0 Å². The second-order valence-corrected chi connectivity index (χ2v) is 5.49. The molecule has 1 aromatic rings. The zero-order valence-electron chi connectivity index (χ0n) is 10.2. The Morgan fingerprint density at radius 1 is 1.17 bits per heavy atom. The van der Waals surface area contributed by atoms with E-state index in [0.29, 0.717) is 17.9 Å². The van der Waals surface area contributed by atoms with Crippen molar-refractivity contribution in [3.63, 3.8) is 0 Å². The molecule has 4 heteroatoms. The minimum Gasteiger partial charge on any atom is -0.387 e. The van der Waals surface area contributed by atoms with Gasteiger partial charge < -0.3 is 10.2 Å². The number of hydrogen-bond donors (Lipinski definition) is 2. The molecule has 100 valence electrons. The van der Waals surface area contributed by atoms with E-state index in [9.17, 15) is 14.6 Å². The van der Waals surface area contributed by atoms with Gasteiger partial charge in [0.05, 0.1) is 5.60 Å². The summed E-state index contributed by atoms with van der Waals surface area (Å²) in [6.07, 6.45) is 3.81. The summed E-state index contributed by atoms with van der Waals surface area (Å²) in [5.74, 6) is -0.453. The van der Waals surface area contributed by atoms with Crippen LogP contribution in [-0.4, -0.2) is 15.8 Å². The molecule has 0 amide bonds. The van der Waals surface area contributed by atoms with Gasteiger partial charge in [-0.3, -0.25) is 0 Å². The molecule has 0 aliphatic heterocycles. The van der Waals surface area contributed by atoms with Crippen LogP contribution in [0.5, 0.6) is 0 Å². The summed E-state index contributed by atoms with van der Waals surface area (Å²) in [4.78, 5) is 0. The lowest BCUT2D eigenvalue weighted by atomic mass is 9.84. The van der Waals surface area contributed by atoms with Crippen LogP contribution in [0.15, 0.2) is 18.2 Å². The fourth-order valence-electron chi connectivity index (χ4n) is 2.63. The van der Waals surface area contributed by atoms with Gasteiger partial charge in [-0.2, -0.15) is 0 Å². The van der Waals surface area contributed by atoms with Crippen molar-refractivity contribution >= 4 is 11.6 Å². The van der Waals surface area contributed by atoms with Gasteiger partial charge in [0, 0.05) is 10.6 Å². The van der Waals surface area contributed by atoms with Crippen LogP contribution in [0.2, 0.25) is 5.02 Å². The fourth-order valence-corrected chi connectivity index (χ4v) is 2.85. The first-order valence-corrected chi connectivity index (χ1v) is 6.76. The molecule has 18 heavy (non-hydrogen) atoms. The summed E-state index contributed by atoms with van der Waals surface area (Å²) in [5, 5.41) is 21.2. The Hall–Kier alpha value is -0.640. The Bertz CT molecular complexity index is 414. The van der Waals surface area contributed by atoms with Crippen molar-refractivity contribution in [3.8, 4) is 0 Å². The first kappa shape index (κ1) is 13.8. The number of hydrogen-bond acceptors (Lipinski definition) is 2. The van der Waals surface area contributed by atoms with Crippen LogP contribution in [0.4, 0.5) is 4.39 Å². The summed E-state index contributed by atoms with van der Waals surface area (Å²) in [6, 6.07) is 3.86. The predicted octanol–water partition coefficient (Wildman–Crippen LogP) is 3.60. The van der Waals surface area contributed by atoms with Crippen molar-refractivity contribution in [2.45, 2.75) is 50.2 Å². The average Bonchev–Trinajstić information content (AvgIpc) is 2.57. The lowest BCUT2D eigenvalue weighted by molar-refractivity contribution is -0.0867. The van der Waals surface area contributed by atoms with E-state index >= 15 is 0 Å². The minimum absolute atomic E-state index is 0.279. The molecular formula is C14H18ClFO2. The standard InChI is InChI=1S/C14H18ClFO2/c15-12-6-5-10(16)9-11(12)13(17)14(18)7-3-1-2-4-8-14/h5-6,9,13,17-18H,1-4,7-8H2. The lowest BCUT2D eigenvalue weighted by Crippen LogP contribution is -2.36. The third-order valence-corrected chi connectivity index (χ3v) is 4.08. The molecule has 0 saturated heterocycles. The Balaban J connectivity index is 2.28. The van der Waals surface area contributed by atoms with Crippen LogP contribution < -0.4 is 0 Å². The van der Waals surface area contributed by atoms with Crippen LogP contribution in [-0.2, 0) is 0 Å². The molecule has 0 heterocycles. The van der Waals surface area contributed by atoms with E-state index in [1.54, 1.807) is 0 Å². The van der Waals surface area contributed by atoms with Gasteiger partial charge in [0.2, 0.25) is 0 Å². The summed E-state index contributed by atoms with van der Waals surface area (Å²) in [6.45, 7) is 0. The highest BCUT2D eigenvalue weighted by atomic mass is 35.5. The summed E-state index contributed by atoms with van der Waals surface area (Å²) < 4.78 is 13.2. The summed E-state index contributed by atoms with van der Waals surface area (Å²) in [5.41, 5.74) is -0.908. The van der Waals surface area contributed by atoms with Gasteiger partial charge >= 0.3 is 0 Å². The van der Waals surface area contributed by atoms with E-state index in [-0.39, 0.29) is 5.56 Å². The van der Waals surface area contributed by atoms with E-state index in [4.69, 9.17) is 11.6 Å². The Morgan fingerprint density at radius 2 is 1.78 bits per heavy atom. The number of benzene rings is 1. The van der Waals surface area contributed by atoms with Crippen LogP contribution in [0, 0.1) is 5.82 Å². The monoisotopic (exact) mass is 272 g/mol. The van der Waals surface area contributed by atoms with Crippen molar-refractivity contribution in [2.75, 3.05) is 0 Å². The number of aliphatic hydroxyl groups excluding tert-OH is 1.